The van der Waals surface area contributed by atoms with Crippen molar-refractivity contribution < 1.29 is 9.59 Å². The summed E-state index contributed by atoms with van der Waals surface area (Å²) in [5, 5.41) is 3.10. The lowest BCUT2D eigenvalue weighted by Crippen LogP contribution is -2.53. The number of rotatable bonds is 5. The second-order valence-corrected chi connectivity index (χ2v) is 7.88. The smallest absolute Gasteiger partial charge is 0.234 e. The van der Waals surface area contributed by atoms with Crippen molar-refractivity contribution in [1.29, 1.82) is 0 Å². The van der Waals surface area contributed by atoms with Crippen LogP contribution in [0.2, 0.25) is 0 Å². The van der Waals surface area contributed by atoms with Gasteiger partial charge in [0.25, 0.3) is 0 Å². The van der Waals surface area contributed by atoms with Crippen molar-refractivity contribution in [2.75, 3.05) is 52.4 Å². The summed E-state index contributed by atoms with van der Waals surface area (Å²) in [6, 6.07) is 0.513. The van der Waals surface area contributed by atoms with E-state index in [-0.39, 0.29) is 11.8 Å². The molecule has 0 aromatic carbocycles. The molecule has 3 rings (SSSR count). The van der Waals surface area contributed by atoms with Crippen LogP contribution in [0, 0.1) is 11.8 Å². The van der Waals surface area contributed by atoms with Gasteiger partial charge in [0.2, 0.25) is 11.8 Å². The van der Waals surface area contributed by atoms with E-state index in [1.807, 2.05) is 4.90 Å². The highest BCUT2D eigenvalue weighted by Gasteiger charge is 2.36. The van der Waals surface area contributed by atoms with Crippen LogP contribution in [0.3, 0.4) is 0 Å². The molecule has 0 bridgehead atoms. The topological polar surface area (TPSA) is 55.9 Å². The highest BCUT2D eigenvalue weighted by Crippen LogP contribution is 2.25. The van der Waals surface area contributed by atoms with Crippen LogP contribution in [-0.4, -0.2) is 84.9 Å². The lowest BCUT2D eigenvalue weighted by molar-refractivity contribution is -0.131. The Morgan fingerprint density at radius 2 is 1.79 bits per heavy atom. The summed E-state index contributed by atoms with van der Waals surface area (Å²) >= 11 is 0. The van der Waals surface area contributed by atoms with Gasteiger partial charge in [0.1, 0.15) is 0 Å². The third-order valence-electron chi connectivity index (χ3n) is 6.06. The molecule has 136 valence electrons. The quantitative estimate of drug-likeness (QED) is 0.789. The summed E-state index contributed by atoms with van der Waals surface area (Å²) in [7, 11) is 0. The first-order chi connectivity index (χ1) is 11.5. The van der Waals surface area contributed by atoms with Crippen LogP contribution in [0.15, 0.2) is 0 Å². The van der Waals surface area contributed by atoms with Gasteiger partial charge in [-0.1, -0.05) is 13.3 Å². The average molecular weight is 336 g/mol. The monoisotopic (exact) mass is 336 g/mol. The summed E-state index contributed by atoms with van der Waals surface area (Å²) in [5.41, 5.74) is 0. The molecule has 6 nitrogen and oxygen atoms in total. The SMILES string of the molecule is CC(=O)N1CCN(C2CN(CC(=O)NCC3CCC3)CC2C)CC1. The summed E-state index contributed by atoms with van der Waals surface area (Å²) in [4.78, 5) is 30.3. The van der Waals surface area contributed by atoms with E-state index in [0.29, 0.717) is 18.5 Å². The Morgan fingerprint density at radius 1 is 1.08 bits per heavy atom. The van der Waals surface area contributed by atoms with Crippen molar-refractivity contribution in [3.8, 4) is 0 Å². The van der Waals surface area contributed by atoms with Crippen molar-refractivity contribution in [2.45, 2.75) is 39.2 Å². The molecule has 0 aromatic rings. The molecule has 2 unspecified atom stereocenters. The molecule has 0 aromatic heterocycles. The number of carbonyl (C=O) groups is 2. The predicted molar refractivity (Wildman–Crippen MR) is 93.6 cm³/mol. The summed E-state index contributed by atoms with van der Waals surface area (Å²) in [6.45, 7) is 10.9. The van der Waals surface area contributed by atoms with E-state index in [1.165, 1.54) is 19.3 Å². The predicted octanol–water partition coefficient (Wildman–Crippen LogP) is 0.387. The first kappa shape index (κ1) is 17.7. The normalized spacial score (nSPS) is 29.5. The van der Waals surface area contributed by atoms with Gasteiger partial charge < -0.3 is 10.2 Å². The van der Waals surface area contributed by atoms with E-state index in [9.17, 15) is 9.59 Å². The minimum Gasteiger partial charge on any atom is -0.355 e. The molecule has 1 aliphatic carbocycles. The van der Waals surface area contributed by atoms with E-state index in [2.05, 4.69) is 22.0 Å². The minimum absolute atomic E-state index is 0.177. The third kappa shape index (κ3) is 4.28. The Hall–Kier alpha value is -1.14. The molecule has 2 saturated heterocycles. The first-order valence-electron chi connectivity index (χ1n) is 9.51. The average Bonchev–Trinajstić information content (AvgIpc) is 2.86. The maximum atomic E-state index is 12.1. The van der Waals surface area contributed by atoms with Gasteiger partial charge in [-0.3, -0.25) is 19.4 Å². The molecule has 0 spiro atoms. The number of nitrogens with zero attached hydrogens (tertiary/aromatic N) is 3. The largest absolute Gasteiger partial charge is 0.355 e. The van der Waals surface area contributed by atoms with Gasteiger partial charge in [-0.05, 0) is 24.7 Å². The van der Waals surface area contributed by atoms with Gasteiger partial charge in [-0.25, -0.2) is 0 Å². The van der Waals surface area contributed by atoms with Gasteiger partial charge in [-0.15, -0.1) is 0 Å². The van der Waals surface area contributed by atoms with Gasteiger partial charge in [-0.2, -0.15) is 0 Å². The molecular weight excluding hydrogens is 304 g/mol. The maximum absolute atomic E-state index is 12.1. The summed E-state index contributed by atoms with van der Waals surface area (Å²) in [5.74, 6) is 1.65. The Kier molecular flexibility index (Phi) is 5.76. The number of amides is 2. The third-order valence-corrected chi connectivity index (χ3v) is 6.06. The molecule has 1 N–H and O–H groups in total. The number of hydrogen-bond donors (Lipinski definition) is 1. The van der Waals surface area contributed by atoms with Crippen LogP contribution in [0.25, 0.3) is 0 Å². The van der Waals surface area contributed by atoms with Gasteiger partial charge in [0.15, 0.2) is 0 Å². The highest BCUT2D eigenvalue weighted by molar-refractivity contribution is 5.78. The molecule has 0 radical (unpaired) electrons. The molecule has 2 amide bonds. The van der Waals surface area contributed by atoms with Crippen LogP contribution < -0.4 is 5.32 Å². The summed E-state index contributed by atoms with van der Waals surface area (Å²) in [6.07, 6.45) is 3.87. The Balaban J connectivity index is 1.41. The van der Waals surface area contributed by atoms with Crippen molar-refractivity contribution in [2.24, 2.45) is 11.8 Å². The summed E-state index contributed by atoms with van der Waals surface area (Å²) < 4.78 is 0. The molecule has 2 heterocycles. The van der Waals surface area contributed by atoms with Crippen molar-refractivity contribution >= 4 is 11.8 Å². The molecule has 3 aliphatic rings. The minimum atomic E-state index is 0.177. The molecule has 1 saturated carbocycles. The number of nitrogens with one attached hydrogen (secondary N) is 1. The van der Waals surface area contributed by atoms with Crippen molar-refractivity contribution in [1.82, 2.24) is 20.0 Å². The highest BCUT2D eigenvalue weighted by atomic mass is 16.2. The number of likely N-dealkylation sites (tertiary alicyclic amines) is 1. The van der Waals surface area contributed by atoms with E-state index in [1.54, 1.807) is 6.92 Å². The fraction of sp³-hybridized carbons (Fsp3) is 0.889. The number of hydrogen-bond acceptors (Lipinski definition) is 4. The second-order valence-electron chi connectivity index (χ2n) is 7.88. The fourth-order valence-corrected chi connectivity index (χ4v) is 4.23. The van der Waals surface area contributed by atoms with Crippen molar-refractivity contribution in [3.05, 3.63) is 0 Å². The van der Waals surface area contributed by atoms with Crippen molar-refractivity contribution in [3.63, 3.8) is 0 Å². The van der Waals surface area contributed by atoms with Crippen LogP contribution in [0.4, 0.5) is 0 Å². The van der Waals surface area contributed by atoms with E-state index in [0.717, 1.165) is 51.7 Å². The molecule has 2 aliphatic heterocycles. The standard InChI is InChI=1S/C18H32N4O2/c1-14-11-20(13-18(24)19-10-16-4-3-5-16)12-17(14)22-8-6-21(7-9-22)15(2)23/h14,16-17H,3-13H2,1-2H3,(H,19,24). The molecular formula is C18H32N4O2. The maximum Gasteiger partial charge on any atom is 0.234 e. The van der Waals surface area contributed by atoms with Gasteiger partial charge in [0.05, 0.1) is 6.54 Å². The van der Waals surface area contributed by atoms with Gasteiger partial charge in [0, 0.05) is 58.8 Å². The molecule has 3 fully saturated rings. The Morgan fingerprint density at radius 3 is 2.38 bits per heavy atom. The van der Waals surface area contributed by atoms with Crippen LogP contribution in [-0.2, 0) is 9.59 Å². The molecule has 2 atom stereocenters. The number of piperazine rings is 1. The van der Waals surface area contributed by atoms with E-state index < -0.39 is 0 Å². The van der Waals surface area contributed by atoms with E-state index >= 15 is 0 Å². The Labute approximate surface area is 145 Å². The van der Waals surface area contributed by atoms with Crippen LogP contribution >= 0.6 is 0 Å². The van der Waals surface area contributed by atoms with E-state index in [4.69, 9.17) is 0 Å². The lowest BCUT2D eigenvalue weighted by Gasteiger charge is -2.39. The zero-order valence-electron chi connectivity index (χ0n) is 15.2. The molecule has 24 heavy (non-hydrogen) atoms. The Bertz CT molecular complexity index is 458. The number of carbonyl (C=O) groups excluding carboxylic acids is 2. The second kappa shape index (κ2) is 7.83. The zero-order chi connectivity index (χ0) is 17.1. The zero-order valence-corrected chi connectivity index (χ0v) is 15.2. The van der Waals surface area contributed by atoms with Gasteiger partial charge >= 0.3 is 0 Å². The van der Waals surface area contributed by atoms with Crippen LogP contribution in [0.5, 0.6) is 0 Å². The first-order valence-corrected chi connectivity index (χ1v) is 9.51. The molecule has 6 heteroatoms. The lowest BCUT2D eigenvalue weighted by atomic mass is 9.85. The van der Waals surface area contributed by atoms with Crippen LogP contribution in [0.1, 0.15) is 33.1 Å². The fourth-order valence-electron chi connectivity index (χ4n) is 4.23.